The fourth-order valence-corrected chi connectivity index (χ4v) is 4.60. The van der Waals surface area contributed by atoms with E-state index in [0.29, 0.717) is 16.9 Å². The molecule has 42 heavy (non-hydrogen) atoms. The maximum absolute atomic E-state index is 13.3. The average Bonchev–Trinajstić information content (AvgIpc) is 2.99. The number of anilines is 2. The molecule has 0 heterocycles. The van der Waals surface area contributed by atoms with Gasteiger partial charge in [0.05, 0.1) is 11.3 Å². The van der Waals surface area contributed by atoms with Crippen LogP contribution in [0, 0.1) is 13.8 Å². The van der Waals surface area contributed by atoms with Gasteiger partial charge in [-0.15, -0.1) is 11.8 Å². The van der Waals surface area contributed by atoms with Crippen molar-refractivity contribution in [2.45, 2.75) is 18.7 Å². The Labute approximate surface area is 247 Å². The van der Waals surface area contributed by atoms with Crippen LogP contribution < -0.4 is 16.0 Å². The van der Waals surface area contributed by atoms with E-state index in [1.54, 1.807) is 67.6 Å². The Hall–Kier alpha value is -5.15. The maximum Gasteiger partial charge on any atom is 0.335 e. The van der Waals surface area contributed by atoms with E-state index in [1.807, 2.05) is 37.3 Å². The van der Waals surface area contributed by atoms with E-state index in [2.05, 4.69) is 16.0 Å². The molecule has 0 saturated heterocycles. The van der Waals surface area contributed by atoms with Crippen molar-refractivity contribution < 1.29 is 24.3 Å². The van der Waals surface area contributed by atoms with E-state index in [9.17, 15) is 24.3 Å². The Balaban J connectivity index is 1.40. The lowest BCUT2D eigenvalue weighted by Crippen LogP contribution is -2.30. The number of carboxylic acids is 1. The fourth-order valence-electron chi connectivity index (χ4n) is 3.90. The molecule has 4 aromatic rings. The summed E-state index contributed by atoms with van der Waals surface area (Å²) in [5.41, 5.74) is 4.09. The summed E-state index contributed by atoms with van der Waals surface area (Å²) in [6.07, 6.45) is 1.64. The summed E-state index contributed by atoms with van der Waals surface area (Å²) in [5, 5.41) is 17.5. The lowest BCUT2D eigenvalue weighted by Gasteiger charge is -2.12. The van der Waals surface area contributed by atoms with Crippen LogP contribution in [0.5, 0.6) is 0 Å². The molecular formula is C33H29N3O5S. The molecule has 4 rings (SSSR count). The second-order valence-electron chi connectivity index (χ2n) is 9.38. The first-order chi connectivity index (χ1) is 20.2. The van der Waals surface area contributed by atoms with E-state index in [0.717, 1.165) is 21.6 Å². The van der Waals surface area contributed by atoms with Crippen LogP contribution in [-0.4, -0.2) is 34.6 Å². The van der Waals surface area contributed by atoms with Gasteiger partial charge < -0.3 is 21.1 Å². The molecule has 3 amide bonds. The van der Waals surface area contributed by atoms with Crippen molar-refractivity contribution in [2.24, 2.45) is 0 Å². The number of carbonyl (C=O) groups is 4. The van der Waals surface area contributed by atoms with Crippen molar-refractivity contribution in [3.63, 3.8) is 0 Å². The summed E-state index contributed by atoms with van der Waals surface area (Å²) >= 11 is 1.30. The number of thioether (sulfide) groups is 1. The Morgan fingerprint density at radius 3 is 2.14 bits per heavy atom. The highest BCUT2D eigenvalue weighted by Crippen LogP contribution is 2.23. The molecule has 8 nitrogen and oxygen atoms in total. The van der Waals surface area contributed by atoms with Gasteiger partial charge in [0, 0.05) is 21.8 Å². The molecule has 0 spiro atoms. The van der Waals surface area contributed by atoms with Crippen LogP contribution in [0.2, 0.25) is 0 Å². The molecule has 4 aromatic carbocycles. The summed E-state index contributed by atoms with van der Waals surface area (Å²) in [7, 11) is 0. The fraction of sp³-hybridized carbons (Fsp3) is 0.0909. The molecule has 0 aliphatic carbocycles. The quantitative estimate of drug-likeness (QED) is 0.132. The van der Waals surface area contributed by atoms with Crippen LogP contribution in [0.1, 0.15) is 37.4 Å². The summed E-state index contributed by atoms with van der Waals surface area (Å²) in [5.74, 6) is -2.12. The van der Waals surface area contributed by atoms with Crippen LogP contribution in [0.15, 0.2) is 108 Å². The van der Waals surface area contributed by atoms with Crippen molar-refractivity contribution in [1.29, 1.82) is 0 Å². The number of rotatable bonds is 10. The summed E-state index contributed by atoms with van der Waals surface area (Å²) in [4.78, 5) is 50.6. The molecule has 0 fully saturated rings. The monoisotopic (exact) mass is 579 g/mol. The highest BCUT2D eigenvalue weighted by molar-refractivity contribution is 8.00. The van der Waals surface area contributed by atoms with Gasteiger partial charge in [0.15, 0.2) is 0 Å². The first-order valence-corrected chi connectivity index (χ1v) is 14.0. The van der Waals surface area contributed by atoms with E-state index >= 15 is 0 Å². The molecule has 212 valence electrons. The maximum atomic E-state index is 13.3. The molecular weight excluding hydrogens is 550 g/mol. The van der Waals surface area contributed by atoms with Crippen molar-refractivity contribution in [3.05, 3.63) is 131 Å². The Bertz CT molecular complexity index is 1650. The van der Waals surface area contributed by atoms with E-state index in [-0.39, 0.29) is 22.9 Å². The first-order valence-electron chi connectivity index (χ1n) is 13.0. The molecule has 0 aliphatic rings. The Kier molecular flexibility index (Phi) is 9.91. The highest BCUT2D eigenvalue weighted by Gasteiger charge is 2.16. The van der Waals surface area contributed by atoms with Crippen molar-refractivity contribution in [1.82, 2.24) is 5.32 Å². The lowest BCUT2D eigenvalue weighted by atomic mass is 10.1. The van der Waals surface area contributed by atoms with Crippen molar-refractivity contribution in [2.75, 3.05) is 16.4 Å². The second kappa shape index (κ2) is 14.0. The second-order valence-corrected chi connectivity index (χ2v) is 10.4. The van der Waals surface area contributed by atoms with Gasteiger partial charge in [-0.1, -0.05) is 48.5 Å². The molecule has 0 aliphatic heterocycles. The predicted octanol–water partition coefficient (Wildman–Crippen LogP) is 6.14. The van der Waals surface area contributed by atoms with Crippen molar-refractivity contribution in [3.8, 4) is 0 Å². The van der Waals surface area contributed by atoms with Gasteiger partial charge in [-0.3, -0.25) is 14.4 Å². The first kappa shape index (κ1) is 29.8. The number of hydrogen-bond donors (Lipinski definition) is 4. The van der Waals surface area contributed by atoms with Crippen LogP contribution in [0.4, 0.5) is 11.4 Å². The predicted molar refractivity (Wildman–Crippen MR) is 166 cm³/mol. The minimum Gasteiger partial charge on any atom is -0.478 e. The number of hydrogen-bond acceptors (Lipinski definition) is 5. The minimum absolute atomic E-state index is 0.0931. The SMILES string of the molecule is Cc1ccccc1/C=C(\NC(=O)c1ccccc1)C(=O)Nc1ccc(SCC(=O)Nc2cc(C(=O)O)ccc2C)cc1. The average molecular weight is 580 g/mol. The van der Waals surface area contributed by atoms with Crippen LogP contribution in [0.25, 0.3) is 6.08 Å². The van der Waals surface area contributed by atoms with Crippen LogP contribution >= 0.6 is 11.8 Å². The standard InChI is InChI=1S/C33H29N3O5S/c1-21-8-6-7-11-24(21)18-29(36-31(38)23-9-4-3-5-10-23)32(39)34-26-14-16-27(17-15-26)42-20-30(37)35-28-19-25(33(40)41)13-12-22(28)2/h3-19H,20H2,1-2H3,(H,34,39)(H,35,37)(H,36,38)(H,40,41)/b29-18-. The molecule has 0 atom stereocenters. The third kappa shape index (κ3) is 8.18. The molecule has 0 aromatic heterocycles. The zero-order valence-corrected chi connectivity index (χ0v) is 23.8. The van der Waals surface area contributed by atoms with Crippen LogP contribution in [-0.2, 0) is 9.59 Å². The number of carbonyl (C=O) groups excluding carboxylic acids is 3. The largest absolute Gasteiger partial charge is 0.478 e. The van der Waals surface area contributed by atoms with Gasteiger partial charge in [-0.05, 0) is 85.1 Å². The van der Waals surface area contributed by atoms with E-state index in [4.69, 9.17) is 0 Å². The van der Waals surface area contributed by atoms with Gasteiger partial charge in [-0.2, -0.15) is 0 Å². The number of aryl methyl sites for hydroxylation is 2. The van der Waals surface area contributed by atoms with E-state index < -0.39 is 17.8 Å². The Morgan fingerprint density at radius 2 is 1.45 bits per heavy atom. The van der Waals surface area contributed by atoms with Gasteiger partial charge in [0.25, 0.3) is 11.8 Å². The molecule has 0 saturated carbocycles. The normalized spacial score (nSPS) is 11.0. The third-order valence-electron chi connectivity index (χ3n) is 6.26. The molecule has 0 unspecified atom stereocenters. The zero-order valence-electron chi connectivity index (χ0n) is 23.0. The summed E-state index contributed by atoms with van der Waals surface area (Å²) in [6, 6.07) is 27.7. The van der Waals surface area contributed by atoms with Gasteiger partial charge >= 0.3 is 5.97 Å². The van der Waals surface area contributed by atoms with Gasteiger partial charge in [0.2, 0.25) is 5.91 Å². The number of aromatic carboxylic acids is 1. The number of benzene rings is 4. The minimum atomic E-state index is -1.07. The third-order valence-corrected chi connectivity index (χ3v) is 7.27. The van der Waals surface area contributed by atoms with Crippen molar-refractivity contribution >= 4 is 52.9 Å². The zero-order chi connectivity index (χ0) is 30.1. The van der Waals surface area contributed by atoms with Crippen LogP contribution in [0.3, 0.4) is 0 Å². The number of carboxylic acid groups (broad SMARTS) is 1. The smallest absolute Gasteiger partial charge is 0.335 e. The lowest BCUT2D eigenvalue weighted by molar-refractivity contribution is -0.114. The molecule has 0 radical (unpaired) electrons. The molecule has 0 bridgehead atoms. The van der Waals surface area contributed by atoms with E-state index in [1.165, 1.54) is 23.9 Å². The summed E-state index contributed by atoms with van der Waals surface area (Å²) in [6.45, 7) is 3.71. The Morgan fingerprint density at radius 1 is 0.762 bits per heavy atom. The molecule has 9 heteroatoms. The van der Waals surface area contributed by atoms with Gasteiger partial charge in [0.1, 0.15) is 5.70 Å². The molecule has 4 N–H and O–H groups in total. The highest BCUT2D eigenvalue weighted by atomic mass is 32.2. The topological polar surface area (TPSA) is 125 Å². The number of nitrogens with one attached hydrogen (secondary N) is 3. The van der Waals surface area contributed by atoms with Gasteiger partial charge in [-0.25, -0.2) is 4.79 Å². The summed E-state index contributed by atoms with van der Waals surface area (Å²) < 4.78 is 0. The number of amides is 3.